The van der Waals surface area contributed by atoms with Gasteiger partial charge < -0.3 is 15.4 Å². The molecule has 2 N–H and O–H groups in total. The fourth-order valence-corrected chi connectivity index (χ4v) is 4.58. The Hall–Kier alpha value is -3.48. The second-order valence-corrected chi connectivity index (χ2v) is 9.31. The molecule has 0 unspecified atom stereocenters. The lowest BCUT2D eigenvalue weighted by atomic mass is 10.1. The summed E-state index contributed by atoms with van der Waals surface area (Å²) in [5.41, 5.74) is 3.53. The lowest BCUT2D eigenvalue weighted by Crippen LogP contribution is -2.21. The Labute approximate surface area is 219 Å². The molecule has 0 radical (unpaired) electrons. The van der Waals surface area contributed by atoms with Crippen molar-refractivity contribution in [2.75, 3.05) is 17.2 Å². The first-order valence-electron chi connectivity index (χ1n) is 10.3. The Morgan fingerprint density at radius 2 is 1.69 bits per heavy atom. The highest BCUT2D eigenvalue weighted by Crippen LogP contribution is 2.35. The number of benzene rings is 3. The van der Waals surface area contributed by atoms with Gasteiger partial charge in [-0.25, -0.2) is 4.39 Å². The number of carbonyl (C=O) groups excluding carboxylic acids is 2. The molecule has 9 heteroatoms. The maximum absolute atomic E-state index is 13.1. The number of rotatable bonds is 7. The molecule has 0 aliphatic carbocycles. The summed E-state index contributed by atoms with van der Waals surface area (Å²) in [6.45, 7) is 3.68. The quantitative estimate of drug-likeness (QED) is 0.238. The van der Waals surface area contributed by atoms with E-state index in [1.54, 1.807) is 12.1 Å². The highest BCUT2D eigenvalue weighted by Gasteiger charge is 2.14. The summed E-state index contributed by atoms with van der Waals surface area (Å²) < 4.78 is 19.8. The summed E-state index contributed by atoms with van der Waals surface area (Å²) in [6, 6.07) is 16.1. The van der Waals surface area contributed by atoms with Crippen molar-refractivity contribution in [3.63, 3.8) is 0 Å². The number of amides is 2. The van der Waals surface area contributed by atoms with E-state index in [1.807, 2.05) is 38.1 Å². The van der Waals surface area contributed by atoms with E-state index in [2.05, 4.69) is 42.5 Å². The topological polar surface area (TPSA) is 91.2 Å². The van der Waals surface area contributed by atoms with Gasteiger partial charge in [0.1, 0.15) is 23.2 Å². The summed E-state index contributed by atoms with van der Waals surface area (Å²) in [5.74, 6) is -0.982. The van der Waals surface area contributed by atoms with Gasteiger partial charge in [0.25, 0.3) is 11.8 Å². The summed E-state index contributed by atoms with van der Waals surface area (Å²) in [7, 11) is 0. The standard InChI is InChI=1S/C26H20Br2FN3O3/c1-15-3-8-23(16(2)9-15)32-24(33)14-35-25-21(27)11-17(12-22(25)28)10-18(13-30)26(34)31-20-6-4-19(29)5-7-20/h3-12H,14H2,1-2H3,(H,31,34)(H,32,33)/b18-10+. The monoisotopic (exact) mass is 599 g/mol. The van der Waals surface area contributed by atoms with Crippen molar-refractivity contribution >= 4 is 61.1 Å². The Kier molecular flexibility index (Phi) is 8.79. The maximum Gasteiger partial charge on any atom is 0.266 e. The average Bonchev–Trinajstić information content (AvgIpc) is 2.80. The van der Waals surface area contributed by atoms with Gasteiger partial charge in [0.2, 0.25) is 0 Å². The second-order valence-electron chi connectivity index (χ2n) is 7.60. The molecular formula is C26H20Br2FN3O3. The number of hydrogen-bond donors (Lipinski definition) is 2. The second kappa shape index (κ2) is 11.8. The largest absolute Gasteiger partial charge is 0.481 e. The molecular weight excluding hydrogens is 581 g/mol. The van der Waals surface area contributed by atoms with Crippen molar-refractivity contribution in [2.45, 2.75) is 13.8 Å². The number of halogens is 3. The molecule has 0 heterocycles. The highest BCUT2D eigenvalue weighted by molar-refractivity contribution is 9.11. The third kappa shape index (κ3) is 7.25. The van der Waals surface area contributed by atoms with E-state index >= 15 is 0 Å². The zero-order chi connectivity index (χ0) is 25.5. The van der Waals surface area contributed by atoms with Crippen LogP contribution >= 0.6 is 31.9 Å². The molecule has 0 bridgehead atoms. The third-order valence-electron chi connectivity index (χ3n) is 4.80. The van der Waals surface area contributed by atoms with Crippen LogP contribution in [-0.2, 0) is 9.59 Å². The van der Waals surface area contributed by atoms with E-state index in [0.717, 1.165) is 11.1 Å². The van der Waals surface area contributed by atoms with Gasteiger partial charge in [0.05, 0.1) is 8.95 Å². The van der Waals surface area contributed by atoms with E-state index in [9.17, 15) is 19.2 Å². The van der Waals surface area contributed by atoms with Crippen molar-refractivity contribution in [1.82, 2.24) is 0 Å². The number of ether oxygens (including phenoxy) is 1. The molecule has 35 heavy (non-hydrogen) atoms. The highest BCUT2D eigenvalue weighted by atomic mass is 79.9. The first-order valence-corrected chi connectivity index (χ1v) is 11.9. The molecule has 0 saturated heterocycles. The zero-order valence-electron chi connectivity index (χ0n) is 18.8. The number of carbonyl (C=O) groups is 2. The lowest BCUT2D eigenvalue weighted by Gasteiger charge is -2.13. The van der Waals surface area contributed by atoms with E-state index in [4.69, 9.17) is 4.74 Å². The molecule has 0 aliphatic rings. The number of hydrogen-bond acceptors (Lipinski definition) is 4. The summed E-state index contributed by atoms with van der Waals surface area (Å²) in [4.78, 5) is 24.8. The van der Waals surface area contributed by atoms with Crippen molar-refractivity contribution in [3.05, 3.63) is 91.6 Å². The summed E-state index contributed by atoms with van der Waals surface area (Å²) >= 11 is 6.82. The van der Waals surface area contributed by atoms with Gasteiger partial charge >= 0.3 is 0 Å². The molecule has 3 rings (SSSR count). The molecule has 0 saturated carbocycles. The van der Waals surface area contributed by atoms with Crippen molar-refractivity contribution in [1.29, 1.82) is 5.26 Å². The molecule has 0 aromatic heterocycles. The molecule has 0 spiro atoms. The Morgan fingerprint density at radius 3 is 2.29 bits per heavy atom. The van der Waals surface area contributed by atoms with Gasteiger partial charge in [-0.2, -0.15) is 5.26 Å². The van der Waals surface area contributed by atoms with Crippen LogP contribution in [0.1, 0.15) is 16.7 Å². The zero-order valence-corrected chi connectivity index (χ0v) is 22.0. The van der Waals surface area contributed by atoms with Crippen LogP contribution in [-0.4, -0.2) is 18.4 Å². The van der Waals surface area contributed by atoms with E-state index in [1.165, 1.54) is 30.3 Å². The third-order valence-corrected chi connectivity index (χ3v) is 5.98. The number of nitriles is 1. The van der Waals surface area contributed by atoms with Gasteiger partial charge in [-0.1, -0.05) is 17.7 Å². The molecule has 2 amide bonds. The number of nitrogens with zero attached hydrogens (tertiary/aromatic N) is 1. The minimum absolute atomic E-state index is 0.144. The van der Waals surface area contributed by atoms with Crippen molar-refractivity contribution < 1.29 is 18.7 Å². The fourth-order valence-electron chi connectivity index (χ4n) is 3.13. The summed E-state index contributed by atoms with van der Waals surface area (Å²) in [5, 5.41) is 14.8. The minimum Gasteiger partial charge on any atom is -0.481 e. The van der Waals surface area contributed by atoms with Gasteiger partial charge in [0.15, 0.2) is 6.61 Å². The molecule has 0 fully saturated rings. The number of nitrogens with one attached hydrogen (secondary N) is 2. The van der Waals surface area contributed by atoms with Gasteiger partial charge in [-0.15, -0.1) is 0 Å². The predicted molar refractivity (Wildman–Crippen MR) is 141 cm³/mol. The van der Waals surface area contributed by atoms with Crippen LogP contribution in [0.25, 0.3) is 6.08 Å². The van der Waals surface area contributed by atoms with E-state index in [0.29, 0.717) is 31.6 Å². The van der Waals surface area contributed by atoms with Gasteiger partial charge in [-0.05, 0) is 105 Å². The van der Waals surface area contributed by atoms with Crippen LogP contribution in [0.2, 0.25) is 0 Å². The SMILES string of the molecule is Cc1ccc(NC(=O)COc2c(Br)cc(/C=C(\C#N)C(=O)Nc3ccc(F)cc3)cc2Br)c(C)c1. The summed E-state index contributed by atoms with van der Waals surface area (Å²) in [6.07, 6.45) is 1.41. The fraction of sp³-hybridized carbons (Fsp3) is 0.115. The first kappa shape index (κ1) is 26.1. The molecule has 0 atom stereocenters. The van der Waals surface area contributed by atoms with Crippen LogP contribution in [0, 0.1) is 31.0 Å². The molecule has 178 valence electrons. The van der Waals surface area contributed by atoms with Crippen LogP contribution in [0.3, 0.4) is 0 Å². The molecule has 3 aromatic rings. The van der Waals surface area contributed by atoms with Crippen molar-refractivity contribution in [2.24, 2.45) is 0 Å². The Balaban J connectivity index is 1.69. The van der Waals surface area contributed by atoms with Crippen LogP contribution < -0.4 is 15.4 Å². The lowest BCUT2D eigenvalue weighted by molar-refractivity contribution is -0.118. The Bertz CT molecular complexity index is 1330. The average molecular weight is 601 g/mol. The number of aryl methyl sites for hydroxylation is 2. The maximum atomic E-state index is 13.1. The van der Waals surface area contributed by atoms with E-state index in [-0.39, 0.29) is 18.1 Å². The van der Waals surface area contributed by atoms with E-state index < -0.39 is 11.7 Å². The van der Waals surface area contributed by atoms with Crippen molar-refractivity contribution in [3.8, 4) is 11.8 Å². The van der Waals surface area contributed by atoms with Crippen LogP contribution in [0.5, 0.6) is 5.75 Å². The Morgan fingerprint density at radius 1 is 1.03 bits per heavy atom. The van der Waals surface area contributed by atoms with Gasteiger partial charge in [0, 0.05) is 11.4 Å². The first-order chi connectivity index (χ1) is 16.7. The smallest absolute Gasteiger partial charge is 0.266 e. The number of anilines is 2. The minimum atomic E-state index is -0.630. The predicted octanol–water partition coefficient (Wildman–Crippen LogP) is 6.53. The van der Waals surface area contributed by atoms with Crippen LogP contribution in [0.15, 0.2) is 69.1 Å². The molecule has 3 aromatic carbocycles. The van der Waals surface area contributed by atoms with Crippen LogP contribution in [0.4, 0.5) is 15.8 Å². The van der Waals surface area contributed by atoms with Gasteiger partial charge in [-0.3, -0.25) is 9.59 Å². The normalized spacial score (nSPS) is 10.9. The molecule has 0 aliphatic heterocycles. The molecule has 6 nitrogen and oxygen atoms in total.